The van der Waals surface area contributed by atoms with E-state index in [1.165, 1.54) is 25.9 Å². The molecule has 0 bridgehead atoms. The maximum atomic E-state index is 12.7. The molecule has 0 radical (unpaired) electrons. The highest BCUT2D eigenvalue weighted by atomic mass is 16.5. The standard InChI is InChI=1S/C22H27NO3/c1-17(22(24)19-7-9-20(25-2)10-8-19)18-5-11-21(12-6-18)26-16-15-23-13-3-4-14-23/h5-12,17H,3-4,13-16H2,1-2H3. The van der Waals surface area contributed by atoms with Crippen LogP contribution in [0.2, 0.25) is 0 Å². The average molecular weight is 353 g/mol. The molecule has 4 heteroatoms. The fourth-order valence-electron chi connectivity index (χ4n) is 3.31. The molecule has 0 saturated carbocycles. The Bertz CT molecular complexity index is 703. The maximum absolute atomic E-state index is 12.7. The average Bonchev–Trinajstić information content (AvgIpc) is 3.21. The van der Waals surface area contributed by atoms with E-state index in [2.05, 4.69) is 4.90 Å². The number of carbonyl (C=O) groups excluding carboxylic acids is 1. The number of benzene rings is 2. The molecule has 1 unspecified atom stereocenters. The van der Waals surface area contributed by atoms with E-state index in [0.717, 1.165) is 23.6 Å². The van der Waals surface area contributed by atoms with Crippen LogP contribution in [-0.2, 0) is 0 Å². The van der Waals surface area contributed by atoms with Crippen molar-refractivity contribution < 1.29 is 14.3 Å². The molecule has 3 rings (SSSR count). The van der Waals surface area contributed by atoms with Crippen molar-refractivity contribution in [2.75, 3.05) is 33.4 Å². The minimum atomic E-state index is -0.193. The summed E-state index contributed by atoms with van der Waals surface area (Å²) in [6.07, 6.45) is 2.60. The van der Waals surface area contributed by atoms with Gasteiger partial charge in [0.05, 0.1) is 7.11 Å². The molecule has 1 aliphatic heterocycles. The van der Waals surface area contributed by atoms with Crippen LogP contribution in [0.25, 0.3) is 0 Å². The minimum absolute atomic E-state index is 0.107. The lowest BCUT2D eigenvalue weighted by molar-refractivity contribution is 0.0966. The zero-order valence-corrected chi connectivity index (χ0v) is 15.6. The van der Waals surface area contributed by atoms with Gasteiger partial charge in [-0.3, -0.25) is 9.69 Å². The first kappa shape index (κ1) is 18.5. The van der Waals surface area contributed by atoms with Gasteiger partial charge in [0.25, 0.3) is 0 Å². The molecule has 26 heavy (non-hydrogen) atoms. The molecular weight excluding hydrogens is 326 g/mol. The van der Waals surface area contributed by atoms with Gasteiger partial charge in [0.15, 0.2) is 5.78 Å². The second-order valence-electron chi connectivity index (χ2n) is 6.78. The van der Waals surface area contributed by atoms with Gasteiger partial charge in [0, 0.05) is 18.0 Å². The van der Waals surface area contributed by atoms with Gasteiger partial charge in [0.2, 0.25) is 0 Å². The van der Waals surface area contributed by atoms with Gasteiger partial charge in [-0.2, -0.15) is 0 Å². The van der Waals surface area contributed by atoms with Crippen LogP contribution in [-0.4, -0.2) is 44.0 Å². The topological polar surface area (TPSA) is 38.8 Å². The summed E-state index contributed by atoms with van der Waals surface area (Å²) in [6.45, 7) is 6.00. The first-order chi connectivity index (χ1) is 12.7. The number of hydrogen-bond donors (Lipinski definition) is 0. The summed E-state index contributed by atoms with van der Waals surface area (Å²) in [5, 5.41) is 0. The van der Waals surface area contributed by atoms with Crippen molar-refractivity contribution in [1.82, 2.24) is 4.90 Å². The van der Waals surface area contributed by atoms with Gasteiger partial charge < -0.3 is 9.47 Å². The Hall–Kier alpha value is -2.33. The largest absolute Gasteiger partial charge is 0.497 e. The quantitative estimate of drug-likeness (QED) is 0.668. The summed E-state index contributed by atoms with van der Waals surface area (Å²) in [6, 6.07) is 15.1. The van der Waals surface area contributed by atoms with E-state index in [0.29, 0.717) is 12.2 Å². The molecule has 2 aromatic rings. The van der Waals surface area contributed by atoms with Crippen molar-refractivity contribution in [1.29, 1.82) is 0 Å². The number of rotatable bonds is 8. The van der Waals surface area contributed by atoms with Gasteiger partial charge in [-0.1, -0.05) is 19.1 Å². The number of methoxy groups -OCH3 is 1. The van der Waals surface area contributed by atoms with Crippen molar-refractivity contribution in [2.45, 2.75) is 25.7 Å². The van der Waals surface area contributed by atoms with Crippen LogP contribution in [0.4, 0.5) is 0 Å². The van der Waals surface area contributed by atoms with E-state index < -0.39 is 0 Å². The predicted molar refractivity (Wildman–Crippen MR) is 103 cm³/mol. The Balaban J connectivity index is 1.55. The second-order valence-corrected chi connectivity index (χ2v) is 6.78. The number of carbonyl (C=O) groups is 1. The predicted octanol–water partition coefficient (Wildman–Crippen LogP) is 4.16. The van der Waals surface area contributed by atoms with Crippen LogP contribution < -0.4 is 9.47 Å². The van der Waals surface area contributed by atoms with Crippen LogP contribution in [0.15, 0.2) is 48.5 Å². The SMILES string of the molecule is COc1ccc(C(=O)C(C)c2ccc(OCCN3CCCC3)cc2)cc1. The number of ether oxygens (including phenoxy) is 2. The Morgan fingerprint density at radius 3 is 2.23 bits per heavy atom. The maximum Gasteiger partial charge on any atom is 0.170 e. The summed E-state index contributed by atoms with van der Waals surface area (Å²) < 4.78 is 11.0. The van der Waals surface area contributed by atoms with E-state index in [1.807, 2.05) is 55.5 Å². The van der Waals surface area contributed by atoms with Gasteiger partial charge in [-0.15, -0.1) is 0 Å². The Labute approximate surface area is 155 Å². The molecule has 0 spiro atoms. The van der Waals surface area contributed by atoms with Crippen LogP contribution in [0.3, 0.4) is 0 Å². The van der Waals surface area contributed by atoms with Gasteiger partial charge in [-0.25, -0.2) is 0 Å². The number of ketones is 1. The van der Waals surface area contributed by atoms with Crippen LogP contribution >= 0.6 is 0 Å². The van der Waals surface area contributed by atoms with Gasteiger partial charge in [0.1, 0.15) is 18.1 Å². The Morgan fingerprint density at radius 1 is 1.00 bits per heavy atom. The number of likely N-dealkylation sites (tertiary alicyclic amines) is 1. The zero-order valence-electron chi connectivity index (χ0n) is 15.6. The molecule has 1 aliphatic rings. The van der Waals surface area contributed by atoms with Crippen molar-refractivity contribution in [3.05, 3.63) is 59.7 Å². The van der Waals surface area contributed by atoms with E-state index in [1.54, 1.807) is 7.11 Å². The number of nitrogens with zero attached hydrogens (tertiary/aromatic N) is 1. The van der Waals surface area contributed by atoms with Gasteiger partial charge >= 0.3 is 0 Å². The molecule has 0 amide bonds. The lowest BCUT2D eigenvalue weighted by atomic mass is 9.92. The van der Waals surface area contributed by atoms with E-state index in [-0.39, 0.29) is 11.7 Å². The second kappa shape index (κ2) is 8.86. The summed E-state index contributed by atoms with van der Waals surface area (Å²) in [5.41, 5.74) is 1.70. The van der Waals surface area contributed by atoms with Crippen LogP contribution in [0, 0.1) is 0 Å². The number of Topliss-reactive ketones (excluding diaryl/α,β-unsaturated/α-hetero) is 1. The summed E-state index contributed by atoms with van der Waals surface area (Å²) in [5.74, 6) is 1.53. The highest BCUT2D eigenvalue weighted by Gasteiger charge is 2.17. The summed E-state index contributed by atoms with van der Waals surface area (Å²) in [4.78, 5) is 15.1. The summed E-state index contributed by atoms with van der Waals surface area (Å²) in [7, 11) is 1.62. The zero-order chi connectivity index (χ0) is 18.4. The normalized spacial score (nSPS) is 15.6. The molecule has 2 aromatic carbocycles. The molecule has 138 valence electrons. The lowest BCUT2D eigenvalue weighted by Crippen LogP contribution is -2.25. The molecule has 4 nitrogen and oxygen atoms in total. The van der Waals surface area contributed by atoms with Crippen molar-refractivity contribution in [3.8, 4) is 11.5 Å². The first-order valence-electron chi connectivity index (χ1n) is 9.31. The Morgan fingerprint density at radius 2 is 1.62 bits per heavy atom. The van der Waals surface area contributed by atoms with Crippen LogP contribution in [0.5, 0.6) is 11.5 Å². The van der Waals surface area contributed by atoms with Gasteiger partial charge in [-0.05, 0) is 67.9 Å². The smallest absolute Gasteiger partial charge is 0.170 e. The first-order valence-corrected chi connectivity index (χ1v) is 9.31. The third kappa shape index (κ3) is 4.64. The van der Waals surface area contributed by atoms with E-state index >= 15 is 0 Å². The molecule has 0 aliphatic carbocycles. The third-order valence-electron chi connectivity index (χ3n) is 5.02. The highest BCUT2D eigenvalue weighted by molar-refractivity contribution is 6.00. The van der Waals surface area contributed by atoms with E-state index in [9.17, 15) is 4.79 Å². The monoisotopic (exact) mass is 353 g/mol. The molecule has 1 atom stereocenters. The fraction of sp³-hybridized carbons (Fsp3) is 0.409. The molecule has 1 saturated heterocycles. The van der Waals surface area contributed by atoms with E-state index in [4.69, 9.17) is 9.47 Å². The number of hydrogen-bond acceptors (Lipinski definition) is 4. The van der Waals surface area contributed by atoms with Crippen molar-refractivity contribution >= 4 is 5.78 Å². The fourth-order valence-corrected chi connectivity index (χ4v) is 3.31. The minimum Gasteiger partial charge on any atom is -0.497 e. The summed E-state index contributed by atoms with van der Waals surface area (Å²) >= 11 is 0. The van der Waals surface area contributed by atoms with Crippen LogP contribution in [0.1, 0.15) is 41.6 Å². The third-order valence-corrected chi connectivity index (χ3v) is 5.02. The molecule has 1 fully saturated rings. The van der Waals surface area contributed by atoms with Crippen molar-refractivity contribution in [3.63, 3.8) is 0 Å². The molecule has 0 aromatic heterocycles. The lowest BCUT2D eigenvalue weighted by Gasteiger charge is -2.15. The Kier molecular flexibility index (Phi) is 6.29. The molecule has 1 heterocycles. The highest BCUT2D eigenvalue weighted by Crippen LogP contribution is 2.24. The molecule has 0 N–H and O–H groups in total. The van der Waals surface area contributed by atoms with Crippen molar-refractivity contribution in [2.24, 2.45) is 0 Å². The molecular formula is C22H27NO3.